The lowest BCUT2D eigenvalue weighted by molar-refractivity contribution is 0.0678. The second-order valence-electron chi connectivity index (χ2n) is 13.5. The van der Waals surface area contributed by atoms with Gasteiger partial charge in [0.05, 0.1) is 23.8 Å². The summed E-state index contributed by atoms with van der Waals surface area (Å²) < 4.78 is 10.6. The van der Waals surface area contributed by atoms with Crippen LogP contribution in [0.25, 0.3) is 33.5 Å². The number of aryl methyl sites for hydroxylation is 1. The predicted molar refractivity (Wildman–Crippen MR) is 172 cm³/mol. The fourth-order valence-corrected chi connectivity index (χ4v) is 7.65. The van der Waals surface area contributed by atoms with Crippen LogP contribution in [0, 0.1) is 17.8 Å². The summed E-state index contributed by atoms with van der Waals surface area (Å²) in [6, 6.07) is 13.3. The highest BCUT2D eigenvalue weighted by atomic mass is 16.5. The molecule has 3 fully saturated rings. The predicted octanol–water partition coefficient (Wildman–Crippen LogP) is 5.48. The molecule has 43 heavy (non-hydrogen) atoms. The van der Waals surface area contributed by atoms with Crippen LogP contribution in [0.5, 0.6) is 5.75 Å². The molecule has 4 aromatic rings. The third-order valence-corrected chi connectivity index (χ3v) is 10.3. The van der Waals surface area contributed by atoms with Crippen LogP contribution in [0.3, 0.4) is 0 Å². The summed E-state index contributed by atoms with van der Waals surface area (Å²) in [6.07, 6.45) is 10.4. The highest BCUT2D eigenvalue weighted by Crippen LogP contribution is 2.40. The van der Waals surface area contributed by atoms with Crippen molar-refractivity contribution in [1.82, 2.24) is 19.0 Å². The maximum Gasteiger partial charge on any atom is 0.254 e. The number of rotatable bonds is 8. The fraction of sp³-hybridized carbons (Fsp3) is 0.543. The summed E-state index contributed by atoms with van der Waals surface area (Å²) in [7, 11) is 3.74. The number of amides is 1. The standard InChI is InChI=1S/C35H46N6O2/c1-39-33-29(16-27(18-31(33)43-2)35(42)40-14-4-5-24(19-36)20-40)38-34(39)30-17-26-7-3-6-25(15-22-10-12-28(37)13-11-22)32(26)41(30)21-23-8-9-23/h3,6-7,16-18,22-24,28H,4-5,8-15,19-21,36-37H2,1-2H3/t22?,24-,28?/m0/s1. The molecule has 0 bridgehead atoms. The van der Waals surface area contributed by atoms with E-state index in [1.165, 1.54) is 42.1 Å². The minimum Gasteiger partial charge on any atom is -0.494 e. The number of benzene rings is 2. The first-order chi connectivity index (χ1) is 20.9. The van der Waals surface area contributed by atoms with Gasteiger partial charge in [0.1, 0.15) is 11.3 Å². The number of nitrogens with two attached hydrogens (primary N) is 2. The quantitative estimate of drug-likeness (QED) is 0.286. The molecular weight excluding hydrogens is 536 g/mol. The number of aromatic nitrogens is 3. The Morgan fingerprint density at radius 2 is 1.79 bits per heavy atom. The Kier molecular flexibility index (Phi) is 7.68. The molecular formula is C35H46N6O2. The number of nitrogens with zero attached hydrogens (tertiary/aromatic N) is 4. The van der Waals surface area contributed by atoms with E-state index in [1.54, 1.807) is 7.11 Å². The van der Waals surface area contributed by atoms with Gasteiger partial charge in [0.2, 0.25) is 0 Å². The number of hydrogen-bond donors (Lipinski definition) is 2. The molecule has 2 aliphatic carbocycles. The number of hydrogen-bond acceptors (Lipinski definition) is 5. The number of para-hydroxylation sites is 1. The number of imidazole rings is 1. The van der Waals surface area contributed by atoms with Crippen molar-refractivity contribution in [3.63, 3.8) is 0 Å². The lowest BCUT2D eigenvalue weighted by atomic mass is 9.82. The topological polar surface area (TPSA) is 104 Å². The molecule has 3 aliphatic rings. The summed E-state index contributed by atoms with van der Waals surface area (Å²) in [6.45, 7) is 3.09. The lowest BCUT2D eigenvalue weighted by Gasteiger charge is -2.32. The van der Waals surface area contributed by atoms with Crippen molar-refractivity contribution < 1.29 is 9.53 Å². The second-order valence-corrected chi connectivity index (χ2v) is 13.5. The second kappa shape index (κ2) is 11.6. The first kappa shape index (κ1) is 28.4. The number of carbonyl (C=O) groups excluding carboxylic acids is 1. The van der Waals surface area contributed by atoms with E-state index in [0.717, 1.165) is 67.7 Å². The van der Waals surface area contributed by atoms with E-state index < -0.39 is 0 Å². The van der Waals surface area contributed by atoms with Crippen molar-refractivity contribution >= 4 is 27.8 Å². The van der Waals surface area contributed by atoms with Gasteiger partial charge >= 0.3 is 0 Å². The Morgan fingerprint density at radius 1 is 1.00 bits per heavy atom. The van der Waals surface area contributed by atoms with Crippen molar-refractivity contribution in [3.05, 3.63) is 47.5 Å². The van der Waals surface area contributed by atoms with E-state index in [-0.39, 0.29) is 5.91 Å². The molecule has 4 N–H and O–H groups in total. The molecule has 1 amide bonds. The molecule has 0 unspecified atom stereocenters. The van der Waals surface area contributed by atoms with Crippen LogP contribution in [-0.2, 0) is 20.0 Å². The zero-order valence-electron chi connectivity index (χ0n) is 25.7. The van der Waals surface area contributed by atoms with Gasteiger partial charge in [-0.3, -0.25) is 4.79 Å². The number of piperidine rings is 1. The first-order valence-electron chi connectivity index (χ1n) is 16.3. The maximum atomic E-state index is 13.6. The van der Waals surface area contributed by atoms with Crippen LogP contribution < -0.4 is 16.2 Å². The average Bonchev–Trinajstić information content (AvgIpc) is 3.69. The van der Waals surface area contributed by atoms with Crippen molar-refractivity contribution in [2.24, 2.45) is 36.3 Å². The van der Waals surface area contributed by atoms with E-state index in [4.69, 9.17) is 21.2 Å². The van der Waals surface area contributed by atoms with Gasteiger partial charge in [0.15, 0.2) is 5.82 Å². The van der Waals surface area contributed by atoms with E-state index in [0.29, 0.717) is 48.2 Å². The van der Waals surface area contributed by atoms with Crippen molar-refractivity contribution in [2.45, 2.75) is 70.4 Å². The van der Waals surface area contributed by atoms with Crippen LogP contribution in [0.1, 0.15) is 67.3 Å². The highest BCUT2D eigenvalue weighted by molar-refractivity contribution is 6.00. The fourth-order valence-electron chi connectivity index (χ4n) is 7.65. The zero-order valence-corrected chi connectivity index (χ0v) is 25.7. The Bertz CT molecular complexity index is 1640. The van der Waals surface area contributed by atoms with E-state index in [2.05, 4.69) is 40.4 Å². The van der Waals surface area contributed by atoms with Gasteiger partial charge in [-0.25, -0.2) is 4.98 Å². The van der Waals surface area contributed by atoms with Crippen LogP contribution >= 0.6 is 0 Å². The van der Waals surface area contributed by atoms with Gasteiger partial charge in [0, 0.05) is 43.7 Å². The Hall–Kier alpha value is -3.36. The first-order valence-corrected chi connectivity index (χ1v) is 16.3. The SMILES string of the molecule is COc1cc(C(=O)N2CCC[C@@H](CN)C2)cc2nc(-c3cc4cccc(CC5CCC(N)CC5)c4n3CC3CC3)n(C)c12. The molecule has 228 valence electrons. The van der Waals surface area contributed by atoms with Crippen molar-refractivity contribution in [2.75, 3.05) is 26.7 Å². The summed E-state index contributed by atoms with van der Waals surface area (Å²) in [4.78, 5) is 20.8. The minimum atomic E-state index is 0.0294. The monoisotopic (exact) mass is 582 g/mol. The third-order valence-electron chi connectivity index (χ3n) is 10.3. The Labute approximate surface area is 254 Å². The maximum absolute atomic E-state index is 13.6. The number of methoxy groups -OCH3 is 1. The highest BCUT2D eigenvalue weighted by Gasteiger charge is 2.29. The van der Waals surface area contributed by atoms with E-state index >= 15 is 0 Å². The summed E-state index contributed by atoms with van der Waals surface area (Å²) in [5.41, 5.74) is 18.4. The molecule has 2 aromatic carbocycles. The van der Waals surface area contributed by atoms with Gasteiger partial charge in [-0.05, 0) is 106 Å². The molecule has 8 heteroatoms. The molecule has 7 rings (SSSR count). The zero-order chi connectivity index (χ0) is 29.7. The van der Waals surface area contributed by atoms with Crippen LogP contribution in [-0.4, -0.2) is 57.7 Å². The molecule has 8 nitrogen and oxygen atoms in total. The van der Waals surface area contributed by atoms with Crippen molar-refractivity contribution in [1.29, 1.82) is 0 Å². The largest absolute Gasteiger partial charge is 0.494 e. The molecule has 1 saturated heterocycles. The smallest absolute Gasteiger partial charge is 0.254 e. The van der Waals surface area contributed by atoms with Gasteiger partial charge in [0.25, 0.3) is 5.91 Å². The molecule has 1 atom stereocenters. The summed E-state index contributed by atoms with van der Waals surface area (Å²) in [5.74, 6) is 3.38. The van der Waals surface area contributed by atoms with Crippen molar-refractivity contribution in [3.8, 4) is 17.3 Å². The Morgan fingerprint density at radius 3 is 2.53 bits per heavy atom. The third kappa shape index (κ3) is 5.44. The minimum absolute atomic E-state index is 0.0294. The van der Waals surface area contributed by atoms with Crippen LogP contribution in [0.2, 0.25) is 0 Å². The number of carbonyl (C=O) groups is 1. The van der Waals surface area contributed by atoms with E-state index in [1.807, 2.05) is 17.0 Å². The number of likely N-dealkylation sites (tertiary alicyclic amines) is 1. The normalized spacial score (nSPS) is 22.9. The lowest BCUT2D eigenvalue weighted by Crippen LogP contribution is -2.42. The number of fused-ring (bicyclic) bond motifs is 2. The van der Waals surface area contributed by atoms with Crippen LogP contribution in [0.15, 0.2) is 36.4 Å². The van der Waals surface area contributed by atoms with Crippen LogP contribution in [0.4, 0.5) is 0 Å². The van der Waals surface area contributed by atoms with Gasteiger partial charge in [-0.1, -0.05) is 18.2 Å². The van der Waals surface area contributed by atoms with Gasteiger partial charge in [-0.2, -0.15) is 0 Å². The molecule has 2 aromatic heterocycles. The summed E-state index contributed by atoms with van der Waals surface area (Å²) >= 11 is 0. The van der Waals surface area contributed by atoms with E-state index in [9.17, 15) is 4.79 Å². The average molecular weight is 583 g/mol. The summed E-state index contributed by atoms with van der Waals surface area (Å²) in [5, 5.41) is 1.27. The molecule has 2 saturated carbocycles. The molecule has 0 spiro atoms. The molecule has 1 aliphatic heterocycles. The molecule has 3 heterocycles. The van der Waals surface area contributed by atoms with Gasteiger partial charge in [-0.15, -0.1) is 0 Å². The molecule has 0 radical (unpaired) electrons. The number of ether oxygens (including phenoxy) is 1. The Balaban J connectivity index is 1.30. The van der Waals surface area contributed by atoms with Gasteiger partial charge < -0.3 is 30.2 Å².